The van der Waals surface area contributed by atoms with Crippen LogP contribution in [0.1, 0.15) is 23.9 Å². The van der Waals surface area contributed by atoms with Crippen molar-refractivity contribution in [3.63, 3.8) is 0 Å². The van der Waals surface area contributed by atoms with Crippen molar-refractivity contribution in [1.29, 1.82) is 0 Å². The highest BCUT2D eigenvalue weighted by Crippen LogP contribution is 2.25. The van der Waals surface area contributed by atoms with Crippen molar-refractivity contribution in [2.75, 3.05) is 0 Å². The molecular formula is C14H17BrN2O2. The van der Waals surface area contributed by atoms with Crippen LogP contribution in [0.15, 0.2) is 22.7 Å². The molecule has 2 aromatic rings. The van der Waals surface area contributed by atoms with Crippen LogP contribution in [0.5, 0.6) is 11.5 Å². The number of hydrogen-bond donors (Lipinski definition) is 1. The van der Waals surface area contributed by atoms with Gasteiger partial charge in [0.15, 0.2) is 0 Å². The quantitative estimate of drug-likeness (QED) is 0.938. The van der Waals surface area contributed by atoms with E-state index in [4.69, 9.17) is 4.74 Å². The molecule has 102 valence electrons. The minimum Gasteiger partial charge on any atom is -0.508 e. The molecule has 1 aromatic heterocycles. The molecule has 0 spiro atoms. The molecule has 0 atom stereocenters. The zero-order chi connectivity index (χ0) is 14.0. The van der Waals surface area contributed by atoms with Crippen LogP contribution in [0.25, 0.3) is 0 Å². The van der Waals surface area contributed by atoms with Gasteiger partial charge in [-0.2, -0.15) is 5.10 Å². The Morgan fingerprint density at radius 2 is 2.11 bits per heavy atom. The molecule has 0 aliphatic heterocycles. The van der Waals surface area contributed by atoms with Gasteiger partial charge in [-0.15, -0.1) is 0 Å². The highest BCUT2D eigenvalue weighted by molar-refractivity contribution is 9.10. The van der Waals surface area contributed by atoms with Crippen LogP contribution in [0.2, 0.25) is 0 Å². The Morgan fingerprint density at radius 1 is 1.37 bits per heavy atom. The lowest BCUT2D eigenvalue weighted by molar-refractivity contribution is 0.292. The molecule has 0 aliphatic carbocycles. The molecule has 0 bridgehead atoms. The van der Waals surface area contributed by atoms with Gasteiger partial charge in [-0.3, -0.25) is 4.68 Å². The summed E-state index contributed by atoms with van der Waals surface area (Å²) in [6.45, 7) is 4.39. The highest BCUT2D eigenvalue weighted by Gasteiger charge is 2.13. The predicted octanol–water partition coefficient (Wildman–Crippen LogP) is 3.34. The molecule has 0 saturated heterocycles. The van der Waals surface area contributed by atoms with Crippen LogP contribution in [0.4, 0.5) is 0 Å². The number of phenolic OH excluding ortho intramolecular Hbond substituents is 1. The molecule has 1 N–H and O–H groups in total. The molecule has 0 unspecified atom stereocenters. The number of halogens is 1. The first-order valence-corrected chi connectivity index (χ1v) is 6.94. The molecule has 19 heavy (non-hydrogen) atoms. The first kappa shape index (κ1) is 13.9. The van der Waals surface area contributed by atoms with Gasteiger partial charge < -0.3 is 9.84 Å². The monoisotopic (exact) mass is 324 g/mol. The minimum atomic E-state index is 0.216. The number of ether oxygens (including phenoxy) is 1. The average Bonchev–Trinajstić information content (AvgIpc) is 2.61. The van der Waals surface area contributed by atoms with E-state index in [9.17, 15) is 5.11 Å². The summed E-state index contributed by atoms with van der Waals surface area (Å²) >= 11 is 3.55. The molecule has 2 rings (SSSR count). The van der Waals surface area contributed by atoms with Crippen LogP contribution < -0.4 is 4.74 Å². The fourth-order valence-electron chi connectivity index (χ4n) is 1.94. The van der Waals surface area contributed by atoms with Gasteiger partial charge in [0.05, 0.1) is 15.9 Å². The summed E-state index contributed by atoms with van der Waals surface area (Å²) in [4.78, 5) is 0. The zero-order valence-electron chi connectivity index (χ0n) is 11.3. The predicted molar refractivity (Wildman–Crippen MR) is 77.5 cm³/mol. The topological polar surface area (TPSA) is 47.3 Å². The van der Waals surface area contributed by atoms with E-state index < -0.39 is 0 Å². The van der Waals surface area contributed by atoms with Crippen molar-refractivity contribution < 1.29 is 9.84 Å². The molecular weight excluding hydrogens is 308 g/mol. The van der Waals surface area contributed by atoms with Gasteiger partial charge in [-0.25, -0.2) is 0 Å². The third kappa shape index (κ3) is 3.10. The molecule has 1 heterocycles. The highest BCUT2D eigenvalue weighted by atomic mass is 79.9. The lowest BCUT2D eigenvalue weighted by atomic mass is 10.2. The Balaban J connectivity index is 2.16. The van der Waals surface area contributed by atoms with Crippen LogP contribution in [0.3, 0.4) is 0 Å². The van der Waals surface area contributed by atoms with Crippen molar-refractivity contribution in [3.05, 3.63) is 39.6 Å². The van der Waals surface area contributed by atoms with Gasteiger partial charge in [-0.1, -0.05) is 6.92 Å². The van der Waals surface area contributed by atoms with Crippen LogP contribution in [0, 0.1) is 6.92 Å². The SMILES string of the molecule is CCc1nn(C)c(COc2cc(C)cc(O)c2)c1Br. The molecule has 0 aliphatic rings. The van der Waals surface area contributed by atoms with Gasteiger partial charge in [0.2, 0.25) is 0 Å². The number of rotatable bonds is 4. The maximum Gasteiger partial charge on any atom is 0.131 e. The normalized spacial score (nSPS) is 10.7. The van der Waals surface area contributed by atoms with E-state index in [2.05, 4.69) is 28.0 Å². The van der Waals surface area contributed by atoms with Gasteiger partial charge >= 0.3 is 0 Å². The van der Waals surface area contributed by atoms with E-state index >= 15 is 0 Å². The second kappa shape index (κ2) is 5.65. The molecule has 4 nitrogen and oxygen atoms in total. The van der Waals surface area contributed by atoms with Crippen molar-refractivity contribution in [2.24, 2.45) is 7.05 Å². The lowest BCUT2D eigenvalue weighted by Gasteiger charge is -2.08. The molecule has 0 radical (unpaired) electrons. The van der Waals surface area contributed by atoms with Gasteiger partial charge in [0.25, 0.3) is 0 Å². The zero-order valence-corrected chi connectivity index (χ0v) is 12.9. The second-order valence-corrected chi connectivity index (χ2v) is 5.27. The average molecular weight is 325 g/mol. The summed E-state index contributed by atoms with van der Waals surface area (Å²) in [5, 5.41) is 14.0. The first-order valence-electron chi connectivity index (χ1n) is 6.15. The standard InChI is InChI=1S/C14H17BrN2O2/c1-4-12-14(15)13(17(3)16-12)8-19-11-6-9(2)5-10(18)7-11/h5-7,18H,4,8H2,1-3H3. The van der Waals surface area contributed by atoms with Gasteiger partial charge in [0, 0.05) is 13.1 Å². The summed E-state index contributed by atoms with van der Waals surface area (Å²) in [5.41, 5.74) is 2.97. The summed E-state index contributed by atoms with van der Waals surface area (Å²) in [5.74, 6) is 0.872. The Morgan fingerprint density at radius 3 is 2.68 bits per heavy atom. The van der Waals surface area contributed by atoms with E-state index in [-0.39, 0.29) is 5.75 Å². The van der Waals surface area contributed by atoms with Gasteiger partial charge in [-0.05, 0) is 47.0 Å². The van der Waals surface area contributed by atoms with Crippen LogP contribution in [-0.4, -0.2) is 14.9 Å². The van der Waals surface area contributed by atoms with Crippen molar-refractivity contribution in [2.45, 2.75) is 26.9 Å². The smallest absolute Gasteiger partial charge is 0.131 e. The minimum absolute atomic E-state index is 0.216. The van der Waals surface area contributed by atoms with Crippen LogP contribution in [-0.2, 0) is 20.1 Å². The van der Waals surface area contributed by atoms with Crippen molar-refractivity contribution in [1.82, 2.24) is 9.78 Å². The number of phenols is 1. The number of benzene rings is 1. The fraction of sp³-hybridized carbons (Fsp3) is 0.357. The maximum atomic E-state index is 9.54. The molecule has 0 saturated carbocycles. The van der Waals surface area contributed by atoms with E-state index in [0.29, 0.717) is 12.4 Å². The van der Waals surface area contributed by atoms with Crippen LogP contribution >= 0.6 is 15.9 Å². The largest absolute Gasteiger partial charge is 0.508 e. The molecule has 0 amide bonds. The van der Waals surface area contributed by atoms with Crippen molar-refractivity contribution in [3.8, 4) is 11.5 Å². The number of aryl methyl sites for hydroxylation is 3. The molecule has 5 heteroatoms. The van der Waals surface area contributed by atoms with E-state index in [1.54, 1.807) is 12.1 Å². The maximum absolute atomic E-state index is 9.54. The fourth-order valence-corrected chi connectivity index (χ4v) is 2.67. The number of hydrogen-bond acceptors (Lipinski definition) is 3. The third-order valence-corrected chi connectivity index (χ3v) is 3.83. The summed E-state index contributed by atoms with van der Waals surface area (Å²) in [6, 6.07) is 5.20. The second-order valence-electron chi connectivity index (χ2n) is 4.48. The van der Waals surface area contributed by atoms with E-state index in [1.165, 1.54) is 0 Å². The summed E-state index contributed by atoms with van der Waals surface area (Å²) in [7, 11) is 1.90. The van der Waals surface area contributed by atoms with E-state index in [0.717, 1.165) is 27.8 Å². The molecule has 1 aromatic carbocycles. The molecule has 0 fully saturated rings. The number of nitrogens with zero attached hydrogens (tertiary/aromatic N) is 2. The lowest BCUT2D eigenvalue weighted by Crippen LogP contribution is -2.03. The van der Waals surface area contributed by atoms with Gasteiger partial charge in [0.1, 0.15) is 18.1 Å². The van der Waals surface area contributed by atoms with Crippen molar-refractivity contribution >= 4 is 15.9 Å². The summed E-state index contributed by atoms with van der Waals surface area (Å²) in [6.07, 6.45) is 0.875. The Bertz CT molecular complexity index is 573. The number of aromatic hydroxyl groups is 1. The Kier molecular flexibility index (Phi) is 4.14. The number of aromatic nitrogens is 2. The Hall–Kier alpha value is -1.49. The Labute approximate surface area is 121 Å². The third-order valence-electron chi connectivity index (χ3n) is 2.91. The van der Waals surface area contributed by atoms with E-state index in [1.807, 2.05) is 24.7 Å². The summed E-state index contributed by atoms with van der Waals surface area (Å²) < 4.78 is 8.54. The first-order chi connectivity index (χ1) is 9.01.